The number of imidazole rings is 1. The van der Waals surface area contributed by atoms with Crippen LogP contribution in [0.15, 0.2) is 41.6 Å². The number of carbonyl (C=O) groups excluding carboxylic acids is 1. The van der Waals surface area contributed by atoms with Gasteiger partial charge in [0.05, 0.1) is 0 Å². The van der Waals surface area contributed by atoms with Crippen LogP contribution in [0.3, 0.4) is 0 Å². The van der Waals surface area contributed by atoms with Crippen LogP contribution in [0.4, 0.5) is 0 Å². The molecule has 0 bridgehead atoms. The molecule has 0 spiro atoms. The van der Waals surface area contributed by atoms with Crippen molar-refractivity contribution >= 4 is 15.9 Å². The van der Waals surface area contributed by atoms with Crippen molar-refractivity contribution in [3.8, 4) is 0 Å². The van der Waals surface area contributed by atoms with Gasteiger partial charge in [-0.3, -0.25) is 4.79 Å². The summed E-state index contributed by atoms with van der Waals surface area (Å²) in [6, 6.07) is 9.53. The Labute approximate surface area is 160 Å². The first-order valence-corrected chi connectivity index (χ1v) is 10.6. The van der Waals surface area contributed by atoms with Crippen molar-refractivity contribution < 1.29 is 13.2 Å². The minimum Gasteiger partial charge on any atom is -0.343 e. The average molecular weight is 391 g/mol. The van der Waals surface area contributed by atoms with E-state index in [1.807, 2.05) is 35.2 Å². The fraction of sp³-hybridized carbons (Fsp3) is 0.474. The van der Waals surface area contributed by atoms with Gasteiger partial charge in [-0.1, -0.05) is 30.3 Å². The van der Waals surface area contributed by atoms with Gasteiger partial charge in [0.2, 0.25) is 5.91 Å². The summed E-state index contributed by atoms with van der Waals surface area (Å²) < 4.78 is 29.5. The number of benzene rings is 1. The fourth-order valence-electron chi connectivity index (χ4n) is 3.23. The Balaban J connectivity index is 1.77. The van der Waals surface area contributed by atoms with E-state index in [1.165, 1.54) is 4.31 Å². The number of aromatic nitrogens is 2. The molecule has 1 saturated heterocycles. The molecule has 0 atom stereocenters. The Morgan fingerprint density at radius 1 is 1.22 bits per heavy atom. The molecular weight excluding hydrogens is 364 g/mol. The van der Waals surface area contributed by atoms with E-state index in [4.69, 9.17) is 0 Å². The number of rotatable bonds is 8. The molecule has 8 heteroatoms. The molecule has 0 saturated carbocycles. The standard InChI is InChI=1S/C19H26N4O3S/c1-16-20-18(15-21(16)2)27(25,26)23(14-17-8-4-3-5-9-17)13-7-12-22-11-6-10-19(22)24/h3-5,8-9,15H,6-7,10-14H2,1-2H3. The smallest absolute Gasteiger partial charge is 0.262 e. The third kappa shape index (κ3) is 4.56. The van der Waals surface area contributed by atoms with E-state index in [-0.39, 0.29) is 17.5 Å². The molecule has 3 rings (SSSR count). The van der Waals surface area contributed by atoms with Crippen molar-refractivity contribution in [3.05, 3.63) is 47.9 Å². The minimum atomic E-state index is -3.71. The predicted octanol–water partition coefficient (Wildman–Crippen LogP) is 1.93. The Bertz CT molecular complexity index is 873. The van der Waals surface area contributed by atoms with Gasteiger partial charge >= 0.3 is 0 Å². The highest BCUT2D eigenvalue weighted by Gasteiger charge is 2.28. The first-order valence-electron chi connectivity index (χ1n) is 9.20. The predicted molar refractivity (Wildman–Crippen MR) is 102 cm³/mol. The second kappa shape index (κ2) is 8.22. The third-order valence-electron chi connectivity index (χ3n) is 4.90. The van der Waals surface area contributed by atoms with Crippen LogP contribution in [0, 0.1) is 6.92 Å². The maximum absolute atomic E-state index is 13.2. The molecule has 27 heavy (non-hydrogen) atoms. The van der Waals surface area contributed by atoms with Gasteiger partial charge in [0.15, 0.2) is 5.03 Å². The van der Waals surface area contributed by atoms with Gasteiger partial charge in [0, 0.05) is 45.8 Å². The summed E-state index contributed by atoms with van der Waals surface area (Å²) in [5.74, 6) is 0.809. The topological polar surface area (TPSA) is 75.5 Å². The molecular formula is C19H26N4O3S. The molecule has 0 radical (unpaired) electrons. The van der Waals surface area contributed by atoms with E-state index < -0.39 is 10.0 Å². The van der Waals surface area contributed by atoms with Gasteiger partial charge in [-0.15, -0.1) is 0 Å². The van der Waals surface area contributed by atoms with Crippen LogP contribution in [0.2, 0.25) is 0 Å². The molecule has 0 N–H and O–H groups in total. The van der Waals surface area contributed by atoms with Crippen molar-refractivity contribution in [2.45, 2.75) is 37.8 Å². The first kappa shape index (κ1) is 19.6. The summed E-state index contributed by atoms with van der Waals surface area (Å²) in [4.78, 5) is 17.8. The van der Waals surface area contributed by atoms with Gasteiger partial charge < -0.3 is 9.47 Å². The lowest BCUT2D eigenvalue weighted by Crippen LogP contribution is -2.34. The van der Waals surface area contributed by atoms with E-state index >= 15 is 0 Å². The zero-order valence-electron chi connectivity index (χ0n) is 15.8. The second-order valence-corrected chi connectivity index (χ2v) is 8.78. The van der Waals surface area contributed by atoms with E-state index in [9.17, 15) is 13.2 Å². The Morgan fingerprint density at radius 2 is 1.96 bits per heavy atom. The first-order chi connectivity index (χ1) is 12.9. The van der Waals surface area contributed by atoms with Gasteiger partial charge in [-0.25, -0.2) is 13.4 Å². The van der Waals surface area contributed by atoms with Crippen LogP contribution in [-0.2, 0) is 28.4 Å². The number of sulfonamides is 1. The van der Waals surface area contributed by atoms with Crippen LogP contribution in [0.1, 0.15) is 30.7 Å². The molecule has 1 fully saturated rings. The van der Waals surface area contributed by atoms with Crippen molar-refractivity contribution in [1.29, 1.82) is 0 Å². The van der Waals surface area contributed by atoms with Crippen molar-refractivity contribution in [1.82, 2.24) is 18.8 Å². The van der Waals surface area contributed by atoms with Crippen molar-refractivity contribution in [2.24, 2.45) is 7.05 Å². The summed E-state index contributed by atoms with van der Waals surface area (Å²) in [5, 5.41) is 0.0654. The molecule has 7 nitrogen and oxygen atoms in total. The third-order valence-corrected chi connectivity index (χ3v) is 6.62. The van der Waals surface area contributed by atoms with Gasteiger partial charge in [0.1, 0.15) is 5.82 Å². The zero-order chi connectivity index (χ0) is 19.4. The Morgan fingerprint density at radius 3 is 2.56 bits per heavy atom. The molecule has 1 amide bonds. The average Bonchev–Trinajstić information content (AvgIpc) is 3.21. The van der Waals surface area contributed by atoms with Gasteiger partial charge in [0.25, 0.3) is 10.0 Å². The van der Waals surface area contributed by atoms with E-state index in [0.717, 1.165) is 18.5 Å². The van der Waals surface area contributed by atoms with E-state index in [0.29, 0.717) is 31.8 Å². The van der Waals surface area contributed by atoms with Crippen LogP contribution >= 0.6 is 0 Å². The molecule has 1 aromatic carbocycles. The maximum atomic E-state index is 13.2. The number of likely N-dealkylation sites (tertiary alicyclic amines) is 1. The molecule has 1 aromatic heterocycles. The normalized spacial score (nSPS) is 15.1. The monoisotopic (exact) mass is 390 g/mol. The number of nitrogens with zero attached hydrogens (tertiary/aromatic N) is 4. The highest BCUT2D eigenvalue weighted by Crippen LogP contribution is 2.19. The van der Waals surface area contributed by atoms with E-state index in [1.54, 1.807) is 24.7 Å². The van der Waals surface area contributed by atoms with Gasteiger partial charge in [-0.05, 0) is 25.3 Å². The highest BCUT2D eigenvalue weighted by molar-refractivity contribution is 7.89. The highest BCUT2D eigenvalue weighted by atomic mass is 32.2. The lowest BCUT2D eigenvalue weighted by molar-refractivity contribution is -0.127. The maximum Gasteiger partial charge on any atom is 0.262 e. The van der Waals surface area contributed by atoms with Gasteiger partial charge in [-0.2, -0.15) is 4.31 Å². The number of amides is 1. The SMILES string of the molecule is Cc1nc(S(=O)(=O)N(CCCN2CCCC2=O)Cc2ccccc2)cn1C. The van der Waals surface area contributed by atoms with Crippen LogP contribution in [-0.4, -0.2) is 52.7 Å². The van der Waals surface area contributed by atoms with Crippen LogP contribution < -0.4 is 0 Å². The summed E-state index contributed by atoms with van der Waals surface area (Å²) in [7, 11) is -1.93. The zero-order valence-corrected chi connectivity index (χ0v) is 16.7. The lowest BCUT2D eigenvalue weighted by Gasteiger charge is -2.23. The van der Waals surface area contributed by atoms with Crippen LogP contribution in [0.5, 0.6) is 0 Å². The molecule has 1 aliphatic rings. The van der Waals surface area contributed by atoms with Crippen molar-refractivity contribution in [3.63, 3.8) is 0 Å². The molecule has 0 unspecified atom stereocenters. The van der Waals surface area contributed by atoms with Crippen LogP contribution in [0.25, 0.3) is 0 Å². The van der Waals surface area contributed by atoms with E-state index in [2.05, 4.69) is 4.98 Å². The number of hydrogen-bond donors (Lipinski definition) is 0. The molecule has 2 aromatic rings. The minimum absolute atomic E-state index is 0.0654. The molecule has 146 valence electrons. The Kier molecular flexibility index (Phi) is 5.96. The number of carbonyl (C=O) groups is 1. The fourth-order valence-corrected chi connectivity index (χ4v) is 4.72. The lowest BCUT2D eigenvalue weighted by atomic mass is 10.2. The largest absolute Gasteiger partial charge is 0.343 e. The quantitative estimate of drug-likeness (QED) is 0.690. The molecule has 2 heterocycles. The summed E-state index contributed by atoms with van der Waals surface area (Å²) in [5.41, 5.74) is 0.922. The summed E-state index contributed by atoms with van der Waals surface area (Å²) in [6.45, 7) is 3.76. The summed E-state index contributed by atoms with van der Waals surface area (Å²) in [6.07, 6.45) is 3.63. The number of hydrogen-bond acceptors (Lipinski definition) is 4. The number of aryl methyl sites for hydroxylation is 2. The van der Waals surface area contributed by atoms with Crippen molar-refractivity contribution in [2.75, 3.05) is 19.6 Å². The molecule has 0 aliphatic carbocycles. The molecule has 1 aliphatic heterocycles. The summed E-state index contributed by atoms with van der Waals surface area (Å²) >= 11 is 0. The Hall–Kier alpha value is -2.19. The second-order valence-electron chi connectivity index (χ2n) is 6.90.